The van der Waals surface area contributed by atoms with Gasteiger partial charge in [0.05, 0.1) is 5.75 Å². The zero-order chi connectivity index (χ0) is 19.6. The van der Waals surface area contributed by atoms with Crippen LogP contribution in [-0.2, 0) is 4.79 Å². The van der Waals surface area contributed by atoms with Crippen molar-refractivity contribution in [2.75, 3.05) is 49.1 Å². The molecule has 1 fully saturated rings. The maximum atomic E-state index is 11.9. The average Bonchev–Trinajstić information content (AvgIpc) is 2.76. The number of carbonyl (C=O) groups is 2. The van der Waals surface area contributed by atoms with E-state index < -0.39 is 0 Å². The van der Waals surface area contributed by atoms with Crippen molar-refractivity contribution in [3.63, 3.8) is 0 Å². The highest BCUT2D eigenvalue weighted by Gasteiger charge is 2.16. The van der Waals surface area contributed by atoms with Crippen LogP contribution in [0.5, 0.6) is 0 Å². The summed E-state index contributed by atoms with van der Waals surface area (Å²) in [6.45, 7) is 5.10. The van der Waals surface area contributed by atoms with Crippen LogP contribution in [0, 0.1) is 0 Å². The molecular weight excluding hydrogens is 372 g/mol. The number of hydrogen-bond acceptors (Lipinski definition) is 5. The maximum Gasteiger partial charge on any atom is 0.269 e. The average molecular weight is 399 g/mol. The van der Waals surface area contributed by atoms with Gasteiger partial charge in [0, 0.05) is 49.7 Å². The topological polar surface area (TPSA) is 64.7 Å². The molecule has 0 atom stereocenters. The minimum Gasteiger partial charge on any atom is -0.369 e. The number of para-hydroxylation sites is 1. The van der Waals surface area contributed by atoms with Crippen LogP contribution >= 0.6 is 11.8 Å². The summed E-state index contributed by atoms with van der Waals surface area (Å²) in [5.41, 5.74) is 6.71. The Kier molecular flexibility index (Phi) is 7.75. The second kappa shape index (κ2) is 10.7. The van der Waals surface area contributed by atoms with Crippen LogP contribution in [0.25, 0.3) is 0 Å². The molecule has 2 amide bonds. The van der Waals surface area contributed by atoms with Gasteiger partial charge in [-0.3, -0.25) is 25.3 Å². The lowest BCUT2D eigenvalue weighted by Crippen LogP contribution is -2.47. The third kappa shape index (κ3) is 6.28. The van der Waals surface area contributed by atoms with Gasteiger partial charge in [-0.15, -0.1) is 0 Å². The van der Waals surface area contributed by atoms with Crippen molar-refractivity contribution in [2.45, 2.75) is 0 Å². The monoisotopic (exact) mass is 398 g/mol. The van der Waals surface area contributed by atoms with Gasteiger partial charge in [-0.25, -0.2) is 0 Å². The molecule has 6 nitrogen and oxygen atoms in total. The van der Waals surface area contributed by atoms with Crippen LogP contribution in [-0.4, -0.2) is 60.9 Å². The third-order valence-corrected chi connectivity index (χ3v) is 5.57. The van der Waals surface area contributed by atoms with Gasteiger partial charge in [0.15, 0.2) is 0 Å². The molecule has 2 aromatic carbocycles. The first-order chi connectivity index (χ1) is 13.7. The number of anilines is 1. The Morgan fingerprint density at radius 3 is 2.18 bits per heavy atom. The molecule has 2 aromatic rings. The first-order valence-electron chi connectivity index (χ1n) is 9.47. The van der Waals surface area contributed by atoms with Gasteiger partial charge < -0.3 is 4.90 Å². The van der Waals surface area contributed by atoms with E-state index in [4.69, 9.17) is 0 Å². The van der Waals surface area contributed by atoms with E-state index in [2.05, 4.69) is 44.9 Å². The summed E-state index contributed by atoms with van der Waals surface area (Å²) in [7, 11) is 0. The van der Waals surface area contributed by atoms with E-state index in [9.17, 15) is 9.59 Å². The molecule has 0 spiro atoms. The second-order valence-electron chi connectivity index (χ2n) is 6.59. The fourth-order valence-corrected chi connectivity index (χ4v) is 3.84. The number of nitrogens with one attached hydrogen (secondary N) is 2. The van der Waals surface area contributed by atoms with E-state index in [0.717, 1.165) is 38.5 Å². The molecule has 1 aliphatic heterocycles. The first kappa shape index (κ1) is 20.2. The van der Waals surface area contributed by atoms with E-state index in [1.807, 2.05) is 12.1 Å². The fourth-order valence-electron chi connectivity index (χ4n) is 3.05. The second-order valence-corrected chi connectivity index (χ2v) is 7.69. The Hall–Kier alpha value is -2.51. The number of piperazine rings is 1. The van der Waals surface area contributed by atoms with Crippen molar-refractivity contribution in [1.29, 1.82) is 0 Å². The number of amides is 2. The molecule has 1 aliphatic rings. The normalized spacial score (nSPS) is 14.5. The number of rotatable bonds is 7. The molecule has 0 aromatic heterocycles. The Balaban J connectivity index is 1.26. The molecule has 148 valence electrons. The lowest BCUT2D eigenvalue weighted by Gasteiger charge is -2.36. The predicted octanol–water partition coefficient (Wildman–Crippen LogP) is 2.00. The van der Waals surface area contributed by atoms with E-state index in [-0.39, 0.29) is 11.8 Å². The molecule has 0 unspecified atom stereocenters. The highest BCUT2D eigenvalue weighted by atomic mass is 32.2. The number of hydrogen-bond donors (Lipinski definition) is 2. The first-order valence-corrected chi connectivity index (χ1v) is 10.6. The van der Waals surface area contributed by atoms with Crippen molar-refractivity contribution >= 4 is 29.3 Å². The van der Waals surface area contributed by atoms with Crippen molar-refractivity contribution in [3.8, 4) is 0 Å². The lowest BCUT2D eigenvalue weighted by molar-refractivity contribution is -0.119. The highest BCUT2D eigenvalue weighted by molar-refractivity contribution is 7.99. The zero-order valence-corrected chi connectivity index (χ0v) is 16.7. The maximum absolute atomic E-state index is 11.9. The molecule has 3 rings (SSSR count). The van der Waals surface area contributed by atoms with Crippen molar-refractivity contribution < 1.29 is 9.59 Å². The number of hydrazine groups is 1. The molecular formula is C21H26N4O2S. The van der Waals surface area contributed by atoms with Gasteiger partial charge >= 0.3 is 0 Å². The van der Waals surface area contributed by atoms with E-state index in [1.54, 1.807) is 36.0 Å². The fraction of sp³-hybridized carbons (Fsp3) is 0.333. The van der Waals surface area contributed by atoms with Gasteiger partial charge in [0.2, 0.25) is 5.91 Å². The summed E-state index contributed by atoms with van der Waals surface area (Å²) in [6.07, 6.45) is 0. The van der Waals surface area contributed by atoms with Crippen molar-refractivity contribution in [3.05, 3.63) is 66.2 Å². The van der Waals surface area contributed by atoms with Gasteiger partial charge in [-0.1, -0.05) is 36.4 Å². The summed E-state index contributed by atoms with van der Waals surface area (Å²) < 4.78 is 0. The van der Waals surface area contributed by atoms with Crippen LogP contribution in [0.2, 0.25) is 0 Å². The van der Waals surface area contributed by atoms with Crippen LogP contribution in [0.3, 0.4) is 0 Å². The molecule has 28 heavy (non-hydrogen) atoms. The Bertz CT molecular complexity index is 750. The zero-order valence-electron chi connectivity index (χ0n) is 15.8. The molecule has 0 saturated carbocycles. The van der Waals surface area contributed by atoms with Gasteiger partial charge in [0.25, 0.3) is 5.91 Å². The van der Waals surface area contributed by atoms with Crippen LogP contribution < -0.4 is 15.8 Å². The predicted molar refractivity (Wildman–Crippen MR) is 114 cm³/mol. The van der Waals surface area contributed by atoms with Crippen LogP contribution in [0.4, 0.5) is 5.69 Å². The standard InChI is InChI=1S/C21H26N4O2S/c26-20(22-23-21(27)18-7-3-1-4-8-18)17-28-16-15-24-11-13-25(14-12-24)19-9-5-2-6-10-19/h1-10H,11-17H2,(H,22,26)(H,23,27). The van der Waals surface area contributed by atoms with E-state index >= 15 is 0 Å². The smallest absolute Gasteiger partial charge is 0.269 e. The molecule has 0 aliphatic carbocycles. The summed E-state index contributed by atoms with van der Waals surface area (Å²) in [4.78, 5) is 28.6. The lowest BCUT2D eigenvalue weighted by atomic mass is 10.2. The summed E-state index contributed by atoms with van der Waals surface area (Å²) in [5.74, 6) is 0.725. The molecule has 1 saturated heterocycles. The highest BCUT2D eigenvalue weighted by Crippen LogP contribution is 2.15. The summed E-state index contributed by atoms with van der Waals surface area (Å²) in [6, 6.07) is 19.3. The third-order valence-electron chi connectivity index (χ3n) is 4.63. The van der Waals surface area contributed by atoms with E-state index in [1.165, 1.54) is 5.69 Å². The van der Waals surface area contributed by atoms with Gasteiger partial charge in [0.1, 0.15) is 0 Å². The number of thioether (sulfide) groups is 1. The molecule has 2 N–H and O–H groups in total. The van der Waals surface area contributed by atoms with Gasteiger partial charge in [-0.2, -0.15) is 11.8 Å². The number of benzene rings is 2. The number of nitrogens with zero attached hydrogens (tertiary/aromatic N) is 2. The molecule has 1 heterocycles. The van der Waals surface area contributed by atoms with Crippen LogP contribution in [0.15, 0.2) is 60.7 Å². The van der Waals surface area contributed by atoms with E-state index in [0.29, 0.717) is 11.3 Å². The van der Waals surface area contributed by atoms with Crippen LogP contribution in [0.1, 0.15) is 10.4 Å². The Morgan fingerprint density at radius 2 is 1.50 bits per heavy atom. The summed E-state index contributed by atoms with van der Waals surface area (Å²) >= 11 is 1.58. The molecule has 0 radical (unpaired) electrons. The largest absolute Gasteiger partial charge is 0.369 e. The minimum atomic E-state index is -0.310. The van der Waals surface area contributed by atoms with Gasteiger partial charge in [-0.05, 0) is 24.3 Å². The Labute approximate surface area is 170 Å². The number of carbonyl (C=O) groups excluding carboxylic acids is 2. The molecule has 7 heteroatoms. The van der Waals surface area contributed by atoms with Crippen molar-refractivity contribution in [2.24, 2.45) is 0 Å². The quantitative estimate of drug-likeness (QED) is 0.552. The Morgan fingerprint density at radius 1 is 0.857 bits per heavy atom. The SMILES string of the molecule is O=C(CSCCN1CCN(c2ccccc2)CC1)NNC(=O)c1ccccc1. The molecule has 0 bridgehead atoms. The summed E-state index contributed by atoms with van der Waals surface area (Å²) in [5, 5.41) is 0. The minimum absolute atomic E-state index is 0.192. The van der Waals surface area contributed by atoms with Crippen molar-refractivity contribution in [1.82, 2.24) is 15.8 Å².